The lowest BCUT2D eigenvalue weighted by Crippen LogP contribution is -2.64. The zero-order valence-corrected chi connectivity index (χ0v) is 12.5. The minimum Gasteiger partial charge on any atom is -0.469 e. The third-order valence-electron chi connectivity index (χ3n) is 3.62. The standard InChI is InChI=1S/C15H22N2O3/c1-10(8-11-6-5-7-20-11)17-9-12(18)16-13(14(17)19)15(2,3)4/h5-7,10,13H,8-9H2,1-4H3,(H,16,18). The van der Waals surface area contributed by atoms with Gasteiger partial charge in [-0.3, -0.25) is 9.59 Å². The molecule has 1 fully saturated rings. The summed E-state index contributed by atoms with van der Waals surface area (Å²) >= 11 is 0. The predicted molar refractivity (Wildman–Crippen MR) is 75.0 cm³/mol. The second-order valence-electron chi connectivity index (χ2n) is 6.47. The Morgan fingerprint density at radius 3 is 2.70 bits per heavy atom. The molecular formula is C15H22N2O3. The molecule has 2 rings (SSSR count). The Hall–Kier alpha value is -1.78. The van der Waals surface area contributed by atoms with Crippen LogP contribution in [0.3, 0.4) is 0 Å². The summed E-state index contributed by atoms with van der Waals surface area (Å²) in [6.07, 6.45) is 2.23. The van der Waals surface area contributed by atoms with Crippen molar-refractivity contribution in [3.8, 4) is 0 Å². The van der Waals surface area contributed by atoms with E-state index >= 15 is 0 Å². The molecule has 0 bridgehead atoms. The van der Waals surface area contributed by atoms with Crippen LogP contribution in [0.4, 0.5) is 0 Å². The summed E-state index contributed by atoms with van der Waals surface area (Å²) in [5.74, 6) is 0.704. The van der Waals surface area contributed by atoms with E-state index in [1.165, 1.54) is 0 Å². The largest absolute Gasteiger partial charge is 0.469 e. The van der Waals surface area contributed by atoms with Crippen LogP contribution in [-0.4, -0.2) is 35.3 Å². The summed E-state index contributed by atoms with van der Waals surface area (Å²) in [6, 6.07) is 3.17. The molecular weight excluding hydrogens is 256 g/mol. The first-order valence-electron chi connectivity index (χ1n) is 6.91. The highest BCUT2D eigenvalue weighted by molar-refractivity contribution is 5.95. The van der Waals surface area contributed by atoms with Gasteiger partial charge in [0, 0.05) is 12.5 Å². The minimum atomic E-state index is -0.470. The van der Waals surface area contributed by atoms with Crippen LogP contribution in [0.1, 0.15) is 33.5 Å². The van der Waals surface area contributed by atoms with Crippen LogP contribution in [0, 0.1) is 5.41 Å². The second-order valence-corrected chi connectivity index (χ2v) is 6.47. The van der Waals surface area contributed by atoms with E-state index in [-0.39, 0.29) is 29.8 Å². The molecule has 110 valence electrons. The van der Waals surface area contributed by atoms with Gasteiger partial charge in [-0.05, 0) is 24.5 Å². The molecule has 0 aromatic carbocycles. The van der Waals surface area contributed by atoms with Gasteiger partial charge in [-0.25, -0.2) is 0 Å². The summed E-state index contributed by atoms with van der Waals surface area (Å²) in [5, 5.41) is 2.80. The van der Waals surface area contributed by atoms with Gasteiger partial charge < -0.3 is 14.6 Å². The monoisotopic (exact) mass is 278 g/mol. The number of hydrogen-bond acceptors (Lipinski definition) is 3. The van der Waals surface area contributed by atoms with E-state index in [4.69, 9.17) is 4.42 Å². The molecule has 2 amide bonds. The van der Waals surface area contributed by atoms with Crippen molar-refractivity contribution in [3.05, 3.63) is 24.2 Å². The average molecular weight is 278 g/mol. The fourth-order valence-corrected chi connectivity index (χ4v) is 2.46. The van der Waals surface area contributed by atoms with Gasteiger partial charge in [0.05, 0.1) is 12.8 Å². The number of nitrogens with one attached hydrogen (secondary N) is 1. The Kier molecular flexibility index (Phi) is 3.88. The van der Waals surface area contributed by atoms with Crippen molar-refractivity contribution in [1.29, 1.82) is 0 Å². The second kappa shape index (κ2) is 5.31. The maximum atomic E-state index is 12.6. The Bertz CT molecular complexity index is 488. The molecule has 2 atom stereocenters. The van der Waals surface area contributed by atoms with E-state index in [1.807, 2.05) is 39.8 Å². The highest BCUT2D eigenvalue weighted by Gasteiger charge is 2.41. The van der Waals surface area contributed by atoms with Crippen molar-refractivity contribution in [2.45, 2.75) is 46.2 Å². The van der Waals surface area contributed by atoms with E-state index in [9.17, 15) is 9.59 Å². The van der Waals surface area contributed by atoms with E-state index in [0.29, 0.717) is 6.42 Å². The topological polar surface area (TPSA) is 62.6 Å². The van der Waals surface area contributed by atoms with Gasteiger partial charge in [-0.2, -0.15) is 0 Å². The maximum absolute atomic E-state index is 12.6. The van der Waals surface area contributed by atoms with E-state index in [2.05, 4.69) is 5.32 Å². The molecule has 0 spiro atoms. The number of carbonyl (C=O) groups excluding carboxylic acids is 2. The van der Waals surface area contributed by atoms with Gasteiger partial charge in [0.25, 0.3) is 0 Å². The molecule has 5 heteroatoms. The number of nitrogens with zero attached hydrogens (tertiary/aromatic N) is 1. The van der Waals surface area contributed by atoms with Crippen LogP contribution in [-0.2, 0) is 16.0 Å². The summed E-state index contributed by atoms with van der Waals surface area (Å²) < 4.78 is 5.31. The molecule has 1 aliphatic rings. The number of furan rings is 1. The lowest BCUT2D eigenvalue weighted by molar-refractivity contribution is -0.149. The van der Waals surface area contributed by atoms with Gasteiger partial charge >= 0.3 is 0 Å². The fourth-order valence-electron chi connectivity index (χ4n) is 2.46. The lowest BCUT2D eigenvalue weighted by Gasteiger charge is -2.41. The number of carbonyl (C=O) groups is 2. The molecule has 0 radical (unpaired) electrons. The molecule has 20 heavy (non-hydrogen) atoms. The van der Waals surface area contributed by atoms with E-state index < -0.39 is 6.04 Å². The Labute approximate surface area is 119 Å². The van der Waals surface area contributed by atoms with E-state index in [1.54, 1.807) is 11.2 Å². The Morgan fingerprint density at radius 2 is 2.15 bits per heavy atom. The first kappa shape index (κ1) is 14.6. The van der Waals surface area contributed by atoms with Gasteiger partial charge in [-0.15, -0.1) is 0 Å². The van der Waals surface area contributed by atoms with Crippen molar-refractivity contribution in [2.24, 2.45) is 5.41 Å². The number of amides is 2. The van der Waals surface area contributed by atoms with Crippen LogP contribution in [0.2, 0.25) is 0 Å². The van der Waals surface area contributed by atoms with Crippen molar-refractivity contribution in [1.82, 2.24) is 10.2 Å². The molecule has 0 saturated carbocycles. The molecule has 1 N–H and O–H groups in total. The molecule has 5 nitrogen and oxygen atoms in total. The zero-order valence-electron chi connectivity index (χ0n) is 12.5. The third-order valence-corrected chi connectivity index (χ3v) is 3.62. The van der Waals surface area contributed by atoms with Crippen molar-refractivity contribution < 1.29 is 14.0 Å². The first-order chi connectivity index (χ1) is 9.29. The summed E-state index contributed by atoms with van der Waals surface area (Å²) in [4.78, 5) is 26.1. The van der Waals surface area contributed by atoms with Crippen molar-refractivity contribution in [2.75, 3.05) is 6.54 Å². The number of hydrogen-bond donors (Lipinski definition) is 1. The van der Waals surface area contributed by atoms with Crippen molar-refractivity contribution in [3.63, 3.8) is 0 Å². The predicted octanol–water partition coefficient (Wildman–Crippen LogP) is 1.58. The van der Waals surface area contributed by atoms with Crippen LogP contribution >= 0.6 is 0 Å². The first-order valence-corrected chi connectivity index (χ1v) is 6.91. The Morgan fingerprint density at radius 1 is 1.45 bits per heavy atom. The maximum Gasteiger partial charge on any atom is 0.246 e. The molecule has 1 saturated heterocycles. The number of rotatable bonds is 3. The average Bonchev–Trinajstić information content (AvgIpc) is 2.83. The highest BCUT2D eigenvalue weighted by Crippen LogP contribution is 2.24. The minimum absolute atomic E-state index is 0.0174. The summed E-state index contributed by atoms with van der Waals surface area (Å²) in [5.41, 5.74) is -0.296. The zero-order chi connectivity index (χ0) is 14.9. The molecule has 1 aliphatic heterocycles. The van der Waals surface area contributed by atoms with E-state index in [0.717, 1.165) is 5.76 Å². The highest BCUT2D eigenvalue weighted by atomic mass is 16.3. The van der Waals surface area contributed by atoms with Crippen LogP contribution in [0.5, 0.6) is 0 Å². The fraction of sp³-hybridized carbons (Fsp3) is 0.600. The quantitative estimate of drug-likeness (QED) is 0.913. The van der Waals surface area contributed by atoms with Crippen LogP contribution < -0.4 is 5.32 Å². The normalized spacial score (nSPS) is 21.8. The smallest absolute Gasteiger partial charge is 0.246 e. The van der Waals surface area contributed by atoms with Gasteiger partial charge in [0.2, 0.25) is 11.8 Å². The SMILES string of the molecule is CC(Cc1ccco1)N1CC(=O)NC(C(C)(C)C)C1=O. The van der Waals surface area contributed by atoms with Gasteiger partial charge in [-0.1, -0.05) is 20.8 Å². The molecule has 1 aromatic rings. The van der Waals surface area contributed by atoms with Crippen LogP contribution in [0.25, 0.3) is 0 Å². The number of piperazine rings is 1. The lowest BCUT2D eigenvalue weighted by atomic mass is 9.84. The molecule has 2 heterocycles. The van der Waals surface area contributed by atoms with Crippen molar-refractivity contribution >= 4 is 11.8 Å². The van der Waals surface area contributed by atoms with Crippen LogP contribution in [0.15, 0.2) is 22.8 Å². The summed E-state index contributed by atoms with van der Waals surface area (Å²) in [6.45, 7) is 7.93. The van der Waals surface area contributed by atoms with Gasteiger partial charge in [0.1, 0.15) is 11.8 Å². The molecule has 2 unspecified atom stereocenters. The Balaban J connectivity index is 2.13. The molecule has 1 aromatic heterocycles. The summed E-state index contributed by atoms with van der Waals surface area (Å²) in [7, 11) is 0. The third kappa shape index (κ3) is 3.03. The molecule has 0 aliphatic carbocycles. The van der Waals surface area contributed by atoms with Gasteiger partial charge in [0.15, 0.2) is 0 Å².